The average Bonchev–Trinajstić information content (AvgIpc) is 3.09. The molecule has 10 nitrogen and oxygen atoms in total. The molecular formula is C38H75O10P. The molecule has 0 saturated heterocycles. The topological polar surface area (TPSA) is 149 Å². The minimum Gasteiger partial charge on any atom is -0.462 e. The van der Waals surface area contributed by atoms with E-state index >= 15 is 0 Å². The van der Waals surface area contributed by atoms with Crippen LogP contribution in [0.5, 0.6) is 0 Å². The third kappa shape index (κ3) is 35.2. The van der Waals surface area contributed by atoms with Crippen molar-refractivity contribution < 1.29 is 47.8 Å². The highest BCUT2D eigenvalue weighted by Crippen LogP contribution is 2.43. The Morgan fingerprint density at radius 1 is 0.531 bits per heavy atom. The van der Waals surface area contributed by atoms with Crippen LogP contribution in [0, 0.1) is 0 Å². The lowest BCUT2D eigenvalue weighted by Gasteiger charge is -2.20. The fourth-order valence-electron chi connectivity index (χ4n) is 5.64. The van der Waals surface area contributed by atoms with Gasteiger partial charge in [-0.1, -0.05) is 168 Å². The summed E-state index contributed by atoms with van der Waals surface area (Å²) >= 11 is 0. The van der Waals surface area contributed by atoms with E-state index < -0.39 is 51.8 Å². The first-order valence-electron chi connectivity index (χ1n) is 20.0. The van der Waals surface area contributed by atoms with Gasteiger partial charge >= 0.3 is 19.8 Å². The average molecular weight is 723 g/mol. The van der Waals surface area contributed by atoms with Crippen molar-refractivity contribution in [2.75, 3.05) is 26.4 Å². The van der Waals surface area contributed by atoms with Crippen molar-refractivity contribution in [3.8, 4) is 0 Å². The van der Waals surface area contributed by atoms with Gasteiger partial charge in [0.25, 0.3) is 0 Å². The summed E-state index contributed by atoms with van der Waals surface area (Å²) in [6.07, 6.45) is 29.3. The van der Waals surface area contributed by atoms with Crippen LogP contribution in [0.25, 0.3) is 0 Å². The molecule has 0 aromatic carbocycles. The number of unbranched alkanes of at least 4 members (excludes halogenated alkanes) is 24. The number of rotatable bonds is 38. The molecule has 3 atom stereocenters. The zero-order valence-corrected chi connectivity index (χ0v) is 32.3. The van der Waals surface area contributed by atoms with Crippen LogP contribution in [-0.2, 0) is 32.7 Å². The number of hydrogen-bond acceptors (Lipinski definition) is 9. The third-order valence-electron chi connectivity index (χ3n) is 8.76. The number of aliphatic hydroxyl groups is 2. The van der Waals surface area contributed by atoms with Crippen molar-refractivity contribution >= 4 is 19.8 Å². The van der Waals surface area contributed by atoms with E-state index in [9.17, 15) is 24.2 Å². The Balaban J connectivity index is 4.28. The van der Waals surface area contributed by atoms with Crippen LogP contribution in [0.2, 0.25) is 0 Å². The Morgan fingerprint density at radius 2 is 0.878 bits per heavy atom. The number of carbonyl (C=O) groups is 2. The van der Waals surface area contributed by atoms with Crippen molar-refractivity contribution in [1.82, 2.24) is 0 Å². The molecule has 0 fully saturated rings. The minimum atomic E-state index is -4.60. The molecule has 0 saturated carbocycles. The second-order valence-electron chi connectivity index (χ2n) is 13.7. The van der Waals surface area contributed by atoms with E-state index in [2.05, 4.69) is 18.4 Å². The standard InChI is InChI=1S/C38H75O10P/c1-3-5-7-9-11-13-15-16-17-18-20-21-23-25-27-29-37(41)45-33-36(34-47-49(43,44)46-32-35(40)31-39)48-38(42)30-28-26-24-22-19-14-12-10-8-6-4-2/h35-36,39-40H,3-34H2,1-2H3,(H,43,44). The Labute approximate surface area is 299 Å². The van der Waals surface area contributed by atoms with Crippen LogP contribution in [0.4, 0.5) is 0 Å². The van der Waals surface area contributed by atoms with Crippen LogP contribution in [0.15, 0.2) is 0 Å². The van der Waals surface area contributed by atoms with Crippen LogP contribution in [0.1, 0.15) is 194 Å². The zero-order valence-electron chi connectivity index (χ0n) is 31.4. The fraction of sp³-hybridized carbons (Fsp3) is 0.947. The van der Waals surface area contributed by atoms with Gasteiger partial charge in [0.2, 0.25) is 0 Å². The van der Waals surface area contributed by atoms with E-state index in [4.69, 9.17) is 19.1 Å². The van der Waals surface area contributed by atoms with Crippen LogP contribution >= 0.6 is 7.82 Å². The van der Waals surface area contributed by atoms with Gasteiger partial charge in [-0.2, -0.15) is 0 Å². The number of esters is 2. The monoisotopic (exact) mass is 723 g/mol. The molecule has 3 unspecified atom stereocenters. The Hall–Kier alpha value is -1.03. The molecule has 0 aliphatic rings. The summed E-state index contributed by atoms with van der Waals surface area (Å²) in [4.78, 5) is 34.8. The summed E-state index contributed by atoms with van der Waals surface area (Å²) in [6.45, 7) is 2.39. The van der Waals surface area contributed by atoms with Crippen LogP contribution in [0.3, 0.4) is 0 Å². The SMILES string of the molecule is CCCCCCCCCCCCCCCCCC(=O)OCC(COP(=O)(O)OCC(O)CO)OC(=O)CCCCCCCCCCCCC. The maximum absolute atomic E-state index is 12.5. The first-order chi connectivity index (χ1) is 23.7. The number of phosphoric ester groups is 1. The quantitative estimate of drug-likeness (QED) is 0.0319. The molecule has 49 heavy (non-hydrogen) atoms. The summed E-state index contributed by atoms with van der Waals surface area (Å²) in [5.74, 6) is -0.914. The van der Waals surface area contributed by atoms with Gasteiger partial charge in [0.05, 0.1) is 19.8 Å². The predicted molar refractivity (Wildman–Crippen MR) is 196 cm³/mol. The van der Waals surface area contributed by atoms with Gasteiger partial charge in [0, 0.05) is 12.8 Å². The number of ether oxygens (including phenoxy) is 2. The lowest BCUT2D eigenvalue weighted by atomic mass is 10.0. The Kier molecular flexibility index (Phi) is 34.6. The highest BCUT2D eigenvalue weighted by Gasteiger charge is 2.27. The van der Waals surface area contributed by atoms with Gasteiger partial charge < -0.3 is 24.6 Å². The van der Waals surface area contributed by atoms with Crippen molar-refractivity contribution in [2.24, 2.45) is 0 Å². The van der Waals surface area contributed by atoms with E-state index in [0.717, 1.165) is 32.1 Å². The van der Waals surface area contributed by atoms with Crippen molar-refractivity contribution in [1.29, 1.82) is 0 Å². The largest absolute Gasteiger partial charge is 0.472 e. The van der Waals surface area contributed by atoms with Gasteiger partial charge in [-0.15, -0.1) is 0 Å². The molecule has 292 valence electrons. The molecule has 3 N–H and O–H groups in total. The smallest absolute Gasteiger partial charge is 0.462 e. The summed E-state index contributed by atoms with van der Waals surface area (Å²) in [7, 11) is -4.60. The summed E-state index contributed by atoms with van der Waals surface area (Å²) in [5.41, 5.74) is 0. The third-order valence-corrected chi connectivity index (χ3v) is 9.71. The van der Waals surface area contributed by atoms with Gasteiger partial charge in [-0.25, -0.2) is 4.57 Å². The van der Waals surface area contributed by atoms with Gasteiger partial charge in [-0.05, 0) is 12.8 Å². The molecule has 0 bridgehead atoms. The number of phosphoric acid groups is 1. The number of hydrogen-bond donors (Lipinski definition) is 3. The molecule has 0 radical (unpaired) electrons. The van der Waals surface area contributed by atoms with Crippen molar-refractivity contribution in [2.45, 2.75) is 206 Å². The minimum absolute atomic E-state index is 0.191. The van der Waals surface area contributed by atoms with Crippen molar-refractivity contribution in [3.63, 3.8) is 0 Å². The Bertz CT molecular complexity index is 796. The van der Waals surface area contributed by atoms with E-state index in [1.165, 1.54) is 122 Å². The lowest BCUT2D eigenvalue weighted by Crippen LogP contribution is -2.29. The van der Waals surface area contributed by atoms with Crippen LogP contribution < -0.4 is 0 Å². The normalized spacial score (nSPS) is 14.0. The van der Waals surface area contributed by atoms with Gasteiger partial charge in [0.1, 0.15) is 12.7 Å². The Morgan fingerprint density at radius 3 is 1.27 bits per heavy atom. The molecule has 0 rings (SSSR count). The van der Waals surface area contributed by atoms with Gasteiger partial charge in [-0.3, -0.25) is 18.6 Å². The van der Waals surface area contributed by atoms with Gasteiger partial charge in [0.15, 0.2) is 6.10 Å². The van der Waals surface area contributed by atoms with E-state index in [0.29, 0.717) is 12.8 Å². The molecule has 11 heteroatoms. The highest BCUT2D eigenvalue weighted by atomic mass is 31.2. The first-order valence-corrected chi connectivity index (χ1v) is 21.5. The van der Waals surface area contributed by atoms with E-state index in [-0.39, 0.29) is 19.4 Å². The maximum Gasteiger partial charge on any atom is 0.472 e. The second kappa shape index (κ2) is 35.4. The molecule has 0 aromatic rings. The van der Waals surface area contributed by atoms with E-state index in [1.807, 2.05) is 0 Å². The maximum atomic E-state index is 12.5. The molecule has 0 aliphatic carbocycles. The number of aliphatic hydroxyl groups excluding tert-OH is 2. The second-order valence-corrected chi connectivity index (χ2v) is 15.1. The first kappa shape index (κ1) is 48.0. The zero-order chi connectivity index (χ0) is 36.3. The predicted octanol–water partition coefficient (Wildman–Crippen LogP) is 9.89. The van der Waals surface area contributed by atoms with Crippen LogP contribution in [-0.4, -0.2) is 65.7 Å². The summed E-state index contributed by atoms with van der Waals surface area (Å²) in [6, 6.07) is 0. The lowest BCUT2D eigenvalue weighted by molar-refractivity contribution is -0.161. The molecule has 0 amide bonds. The molecule has 0 aromatic heterocycles. The molecule has 0 heterocycles. The van der Waals surface area contributed by atoms with Crippen molar-refractivity contribution in [3.05, 3.63) is 0 Å². The molecule has 0 aliphatic heterocycles. The molecular weight excluding hydrogens is 647 g/mol. The summed E-state index contributed by atoms with van der Waals surface area (Å²) < 4.78 is 32.6. The summed E-state index contributed by atoms with van der Waals surface area (Å²) in [5, 5.41) is 18.3. The fourth-order valence-corrected chi connectivity index (χ4v) is 6.43. The van der Waals surface area contributed by atoms with E-state index in [1.54, 1.807) is 0 Å². The number of carbonyl (C=O) groups excluding carboxylic acids is 2. The molecule has 0 spiro atoms. The highest BCUT2D eigenvalue weighted by molar-refractivity contribution is 7.47.